The van der Waals surface area contributed by atoms with Gasteiger partial charge in [0.15, 0.2) is 0 Å². The number of aromatic nitrogens is 2. The standard InChI is InChI=1S/C15H21N3/c1-3-14-17-12-6-5-11(9-13(12)18-14)15(10-16-2)7-4-8-15/h5-6,9,16H,3-4,7-8,10H2,1-2H3,(H,17,18). The summed E-state index contributed by atoms with van der Waals surface area (Å²) in [5, 5.41) is 3.35. The zero-order chi connectivity index (χ0) is 12.6. The van der Waals surface area contributed by atoms with Crippen LogP contribution in [-0.2, 0) is 11.8 Å². The highest BCUT2D eigenvalue weighted by atomic mass is 14.9. The van der Waals surface area contributed by atoms with Gasteiger partial charge < -0.3 is 10.3 Å². The van der Waals surface area contributed by atoms with Crippen LogP contribution in [0.4, 0.5) is 0 Å². The molecule has 1 heterocycles. The van der Waals surface area contributed by atoms with E-state index in [1.54, 1.807) is 0 Å². The summed E-state index contributed by atoms with van der Waals surface area (Å²) in [6.45, 7) is 3.21. The maximum Gasteiger partial charge on any atom is 0.106 e. The molecule has 0 radical (unpaired) electrons. The maximum absolute atomic E-state index is 4.57. The van der Waals surface area contributed by atoms with Gasteiger partial charge in [-0.3, -0.25) is 0 Å². The molecule has 1 fully saturated rings. The van der Waals surface area contributed by atoms with Gasteiger partial charge in [0, 0.05) is 18.4 Å². The first kappa shape index (κ1) is 11.7. The Labute approximate surface area is 108 Å². The Bertz CT molecular complexity index is 552. The third-order valence-corrected chi connectivity index (χ3v) is 4.30. The van der Waals surface area contributed by atoms with Crippen molar-refractivity contribution in [2.75, 3.05) is 13.6 Å². The first-order valence-corrected chi connectivity index (χ1v) is 6.91. The Morgan fingerprint density at radius 2 is 2.22 bits per heavy atom. The van der Waals surface area contributed by atoms with E-state index < -0.39 is 0 Å². The van der Waals surface area contributed by atoms with Gasteiger partial charge in [-0.05, 0) is 37.6 Å². The number of hydrogen-bond acceptors (Lipinski definition) is 2. The van der Waals surface area contributed by atoms with Crippen LogP contribution in [0.1, 0.15) is 37.6 Å². The Morgan fingerprint density at radius 3 is 2.83 bits per heavy atom. The first-order valence-electron chi connectivity index (χ1n) is 6.91. The van der Waals surface area contributed by atoms with E-state index in [-0.39, 0.29) is 0 Å². The summed E-state index contributed by atoms with van der Waals surface area (Å²) in [6, 6.07) is 6.73. The van der Waals surface area contributed by atoms with Gasteiger partial charge in [0.25, 0.3) is 0 Å². The topological polar surface area (TPSA) is 40.7 Å². The molecule has 2 aromatic rings. The molecule has 1 aliphatic rings. The largest absolute Gasteiger partial charge is 0.342 e. The number of fused-ring (bicyclic) bond motifs is 1. The molecule has 1 aromatic heterocycles. The van der Waals surface area contributed by atoms with Gasteiger partial charge in [-0.1, -0.05) is 19.4 Å². The van der Waals surface area contributed by atoms with Gasteiger partial charge in [-0.25, -0.2) is 4.98 Å². The third kappa shape index (κ3) is 1.74. The predicted molar refractivity (Wildman–Crippen MR) is 74.9 cm³/mol. The summed E-state index contributed by atoms with van der Waals surface area (Å²) < 4.78 is 0. The van der Waals surface area contributed by atoms with Crippen LogP contribution in [-0.4, -0.2) is 23.6 Å². The van der Waals surface area contributed by atoms with Crippen molar-refractivity contribution in [3.63, 3.8) is 0 Å². The molecular formula is C15H21N3. The summed E-state index contributed by atoms with van der Waals surface area (Å²) in [4.78, 5) is 7.99. The fraction of sp³-hybridized carbons (Fsp3) is 0.533. The number of likely N-dealkylation sites (N-methyl/N-ethyl adjacent to an activating group) is 1. The maximum atomic E-state index is 4.57. The smallest absolute Gasteiger partial charge is 0.106 e. The van der Waals surface area contributed by atoms with E-state index in [9.17, 15) is 0 Å². The molecule has 0 aliphatic heterocycles. The van der Waals surface area contributed by atoms with Crippen LogP contribution in [0.5, 0.6) is 0 Å². The molecule has 0 spiro atoms. The van der Waals surface area contributed by atoms with Gasteiger partial charge >= 0.3 is 0 Å². The highest BCUT2D eigenvalue weighted by Gasteiger charge is 2.38. The average Bonchev–Trinajstić information content (AvgIpc) is 2.75. The lowest BCUT2D eigenvalue weighted by molar-refractivity contribution is 0.239. The minimum Gasteiger partial charge on any atom is -0.342 e. The second-order valence-electron chi connectivity index (χ2n) is 5.43. The number of nitrogens with zero attached hydrogens (tertiary/aromatic N) is 1. The Morgan fingerprint density at radius 1 is 1.39 bits per heavy atom. The van der Waals surface area contributed by atoms with E-state index in [1.807, 2.05) is 7.05 Å². The first-order chi connectivity index (χ1) is 8.77. The number of hydrogen-bond donors (Lipinski definition) is 2. The van der Waals surface area contributed by atoms with Crippen LogP contribution in [0.2, 0.25) is 0 Å². The molecule has 3 heteroatoms. The van der Waals surface area contributed by atoms with Crippen LogP contribution < -0.4 is 5.32 Å². The highest BCUT2D eigenvalue weighted by Crippen LogP contribution is 2.43. The lowest BCUT2D eigenvalue weighted by Gasteiger charge is -2.42. The molecule has 0 bridgehead atoms. The quantitative estimate of drug-likeness (QED) is 0.867. The average molecular weight is 243 g/mol. The lowest BCUT2D eigenvalue weighted by atomic mass is 9.64. The summed E-state index contributed by atoms with van der Waals surface area (Å²) in [7, 11) is 2.05. The van der Waals surface area contributed by atoms with E-state index in [4.69, 9.17) is 0 Å². The van der Waals surface area contributed by atoms with Crippen LogP contribution >= 0.6 is 0 Å². The van der Waals surface area contributed by atoms with Gasteiger partial charge in [-0.15, -0.1) is 0 Å². The molecule has 0 saturated heterocycles. The minimum atomic E-state index is 0.362. The second-order valence-corrected chi connectivity index (χ2v) is 5.43. The van der Waals surface area contributed by atoms with Crippen molar-refractivity contribution in [2.45, 2.75) is 38.0 Å². The fourth-order valence-electron chi connectivity index (χ4n) is 3.07. The van der Waals surface area contributed by atoms with Crippen molar-refractivity contribution in [1.29, 1.82) is 0 Å². The molecule has 3 nitrogen and oxygen atoms in total. The summed E-state index contributed by atoms with van der Waals surface area (Å²) in [6.07, 6.45) is 4.91. The van der Waals surface area contributed by atoms with Gasteiger partial charge in [0.05, 0.1) is 11.0 Å². The molecule has 1 aromatic carbocycles. The van der Waals surface area contributed by atoms with Gasteiger partial charge in [0.1, 0.15) is 5.82 Å². The van der Waals surface area contributed by atoms with Crippen molar-refractivity contribution >= 4 is 11.0 Å². The van der Waals surface area contributed by atoms with Crippen molar-refractivity contribution in [1.82, 2.24) is 15.3 Å². The number of benzene rings is 1. The number of rotatable bonds is 4. The van der Waals surface area contributed by atoms with Crippen molar-refractivity contribution in [3.05, 3.63) is 29.6 Å². The molecule has 18 heavy (non-hydrogen) atoms. The Balaban J connectivity index is 2.01. The monoisotopic (exact) mass is 243 g/mol. The van der Waals surface area contributed by atoms with E-state index in [0.29, 0.717) is 5.41 Å². The lowest BCUT2D eigenvalue weighted by Crippen LogP contribution is -2.42. The van der Waals surface area contributed by atoms with E-state index in [1.165, 1.54) is 30.3 Å². The molecule has 1 aliphatic carbocycles. The molecule has 0 atom stereocenters. The van der Waals surface area contributed by atoms with Gasteiger partial charge in [0.2, 0.25) is 0 Å². The van der Waals surface area contributed by atoms with Gasteiger partial charge in [-0.2, -0.15) is 0 Å². The van der Waals surface area contributed by atoms with Crippen LogP contribution in [0.25, 0.3) is 11.0 Å². The second kappa shape index (κ2) is 4.39. The van der Waals surface area contributed by atoms with Crippen LogP contribution in [0.3, 0.4) is 0 Å². The van der Waals surface area contributed by atoms with Crippen molar-refractivity contribution in [2.24, 2.45) is 0 Å². The van der Waals surface area contributed by atoms with E-state index in [0.717, 1.165) is 24.3 Å². The number of aromatic amines is 1. The molecule has 3 rings (SSSR count). The zero-order valence-corrected chi connectivity index (χ0v) is 11.2. The Hall–Kier alpha value is -1.35. The zero-order valence-electron chi connectivity index (χ0n) is 11.2. The van der Waals surface area contributed by atoms with Crippen LogP contribution in [0, 0.1) is 0 Å². The summed E-state index contributed by atoms with van der Waals surface area (Å²) in [5.74, 6) is 1.08. The summed E-state index contributed by atoms with van der Waals surface area (Å²) in [5.41, 5.74) is 4.10. The molecule has 0 amide bonds. The number of imidazole rings is 1. The van der Waals surface area contributed by atoms with Crippen molar-refractivity contribution in [3.8, 4) is 0 Å². The number of aryl methyl sites for hydroxylation is 1. The van der Waals surface area contributed by atoms with E-state index in [2.05, 4.69) is 40.4 Å². The minimum absolute atomic E-state index is 0.362. The predicted octanol–water partition coefficient (Wildman–Crippen LogP) is 2.77. The normalized spacial score (nSPS) is 17.9. The number of nitrogens with one attached hydrogen (secondary N) is 2. The highest BCUT2D eigenvalue weighted by molar-refractivity contribution is 5.76. The van der Waals surface area contributed by atoms with E-state index >= 15 is 0 Å². The SMILES string of the molecule is CCc1nc2ccc(C3(CNC)CCC3)cc2[nH]1. The molecule has 0 unspecified atom stereocenters. The third-order valence-electron chi connectivity index (χ3n) is 4.30. The Kier molecular flexibility index (Phi) is 2.86. The number of H-pyrrole nitrogens is 1. The summed E-state index contributed by atoms with van der Waals surface area (Å²) >= 11 is 0. The fourth-order valence-corrected chi connectivity index (χ4v) is 3.07. The van der Waals surface area contributed by atoms with Crippen molar-refractivity contribution < 1.29 is 0 Å². The van der Waals surface area contributed by atoms with Crippen LogP contribution in [0.15, 0.2) is 18.2 Å². The molecule has 2 N–H and O–H groups in total. The molecule has 96 valence electrons. The molecular weight excluding hydrogens is 222 g/mol. The molecule has 1 saturated carbocycles.